The van der Waals surface area contributed by atoms with Crippen LogP contribution >= 0.6 is 12.6 Å². The van der Waals surface area contributed by atoms with Gasteiger partial charge in [0, 0.05) is 11.3 Å². The van der Waals surface area contributed by atoms with Crippen molar-refractivity contribution in [1.29, 1.82) is 0 Å². The number of thiol groups is 1. The molecule has 0 heterocycles. The van der Waals surface area contributed by atoms with E-state index in [9.17, 15) is 0 Å². The van der Waals surface area contributed by atoms with E-state index in [0.29, 0.717) is 5.25 Å². The predicted molar refractivity (Wildman–Crippen MR) is 45.7 cm³/mol. The van der Waals surface area contributed by atoms with Gasteiger partial charge in [-0.3, -0.25) is 0 Å². The maximum absolute atomic E-state index is 4.39. The van der Waals surface area contributed by atoms with Crippen molar-refractivity contribution in [3.05, 3.63) is 6.04 Å². The molecule has 0 bridgehead atoms. The summed E-state index contributed by atoms with van der Waals surface area (Å²) < 4.78 is 0. The number of rotatable bonds is 4. The van der Waals surface area contributed by atoms with E-state index in [1.165, 1.54) is 6.04 Å². The lowest BCUT2D eigenvalue weighted by Gasteiger charge is -2.18. The summed E-state index contributed by atoms with van der Waals surface area (Å²) >= 11 is 4.39. The zero-order chi connectivity index (χ0) is 7.28. The molecule has 0 spiro atoms. The average molecular weight is 146 g/mol. The van der Waals surface area contributed by atoms with E-state index in [-0.39, 0.29) is 0 Å². The Kier molecular flexibility index (Phi) is 5.30. The van der Waals surface area contributed by atoms with Gasteiger partial charge in [0.05, 0.1) is 0 Å². The van der Waals surface area contributed by atoms with Crippen molar-refractivity contribution in [3.63, 3.8) is 0 Å². The smallest absolute Gasteiger partial charge is 0.0487 e. The highest BCUT2D eigenvalue weighted by Gasteiger charge is 2.11. The third-order valence-corrected chi connectivity index (χ3v) is 2.17. The van der Waals surface area contributed by atoms with Crippen molar-refractivity contribution >= 4 is 12.6 Å². The molecule has 1 atom stereocenters. The molecule has 0 aromatic carbocycles. The summed E-state index contributed by atoms with van der Waals surface area (Å²) in [5, 5.41) is 3.57. The first kappa shape index (κ1) is 9.31. The van der Waals surface area contributed by atoms with Gasteiger partial charge in [0.1, 0.15) is 0 Å². The van der Waals surface area contributed by atoms with Gasteiger partial charge in [-0.1, -0.05) is 13.8 Å². The van der Waals surface area contributed by atoms with Crippen LogP contribution < -0.4 is 5.32 Å². The van der Waals surface area contributed by atoms with Crippen molar-refractivity contribution in [2.24, 2.45) is 0 Å². The first-order chi connectivity index (χ1) is 4.26. The Morgan fingerprint density at radius 1 is 1.56 bits per heavy atom. The minimum absolute atomic E-state index is 0.431. The molecule has 1 nitrogen and oxygen atoms in total. The molecule has 1 radical (unpaired) electrons. The van der Waals surface area contributed by atoms with E-state index in [4.69, 9.17) is 0 Å². The van der Waals surface area contributed by atoms with Crippen molar-refractivity contribution in [2.75, 3.05) is 7.05 Å². The molecule has 9 heavy (non-hydrogen) atoms. The molecule has 1 unspecified atom stereocenters. The monoisotopic (exact) mass is 146 g/mol. The molecule has 0 aromatic rings. The first-order valence-corrected chi connectivity index (χ1v) is 3.99. The van der Waals surface area contributed by atoms with Gasteiger partial charge in [-0.2, -0.15) is 12.6 Å². The van der Waals surface area contributed by atoms with Crippen LogP contribution in [0.5, 0.6) is 0 Å². The number of hydrogen-bond donors (Lipinski definition) is 2. The Morgan fingerprint density at radius 2 is 2.11 bits per heavy atom. The van der Waals surface area contributed by atoms with Gasteiger partial charge in [-0.15, -0.1) is 0 Å². The second-order valence-electron chi connectivity index (χ2n) is 2.05. The molecule has 0 aliphatic rings. The second kappa shape index (κ2) is 5.12. The fourth-order valence-corrected chi connectivity index (χ4v) is 1.14. The first-order valence-electron chi connectivity index (χ1n) is 3.47. The number of nitrogens with one attached hydrogen (secondary N) is 1. The largest absolute Gasteiger partial charge is 0.312 e. The molecule has 0 saturated carbocycles. The maximum atomic E-state index is 4.39. The van der Waals surface area contributed by atoms with Gasteiger partial charge >= 0.3 is 0 Å². The summed E-state index contributed by atoms with van der Waals surface area (Å²) in [7, 11) is 1.96. The van der Waals surface area contributed by atoms with Crippen LogP contribution in [0.15, 0.2) is 0 Å². The molecule has 0 fully saturated rings. The summed E-state index contributed by atoms with van der Waals surface area (Å²) in [6, 6.07) is 1.33. The average Bonchev–Trinajstić information content (AvgIpc) is 1.90. The standard InChI is InChI=1S/C7H16NS/c1-4-6(8-3)7(9)5-2/h7-9H,4-5H2,1-3H3. The zero-order valence-electron chi connectivity index (χ0n) is 6.44. The molecule has 0 aliphatic heterocycles. The normalized spacial score (nSPS) is 14.3. The molecule has 55 valence electrons. The highest BCUT2D eigenvalue weighted by Crippen LogP contribution is 2.15. The summed E-state index contributed by atoms with van der Waals surface area (Å²) in [5.74, 6) is 0. The Morgan fingerprint density at radius 3 is 2.22 bits per heavy atom. The van der Waals surface area contributed by atoms with Gasteiger partial charge in [-0.05, 0) is 19.9 Å². The zero-order valence-corrected chi connectivity index (χ0v) is 7.33. The molecular formula is C7H16NS. The fourth-order valence-electron chi connectivity index (χ4n) is 0.825. The Bertz CT molecular complexity index is 61.9. The van der Waals surface area contributed by atoms with Crippen LogP contribution in [-0.4, -0.2) is 12.3 Å². The highest BCUT2D eigenvalue weighted by atomic mass is 32.1. The van der Waals surface area contributed by atoms with E-state index in [1.807, 2.05) is 7.05 Å². The Labute approximate surface area is 63.6 Å². The quantitative estimate of drug-likeness (QED) is 0.577. The third-order valence-electron chi connectivity index (χ3n) is 1.49. The van der Waals surface area contributed by atoms with E-state index >= 15 is 0 Å². The fraction of sp³-hybridized carbons (Fsp3) is 0.857. The molecule has 2 heteroatoms. The summed E-state index contributed by atoms with van der Waals surface area (Å²) in [5.41, 5.74) is 0. The molecule has 0 amide bonds. The Hall–Kier alpha value is 0.310. The lowest BCUT2D eigenvalue weighted by atomic mass is 10.1. The van der Waals surface area contributed by atoms with Crippen molar-refractivity contribution in [3.8, 4) is 0 Å². The van der Waals surface area contributed by atoms with Crippen LogP contribution in [0.2, 0.25) is 0 Å². The molecule has 0 saturated heterocycles. The van der Waals surface area contributed by atoms with Crippen LogP contribution in [0, 0.1) is 6.04 Å². The van der Waals surface area contributed by atoms with Crippen LogP contribution in [0.4, 0.5) is 0 Å². The van der Waals surface area contributed by atoms with Gasteiger partial charge in [0.25, 0.3) is 0 Å². The van der Waals surface area contributed by atoms with Crippen LogP contribution in [0.1, 0.15) is 26.7 Å². The van der Waals surface area contributed by atoms with E-state index in [2.05, 4.69) is 31.8 Å². The second-order valence-corrected chi connectivity index (χ2v) is 2.68. The SMILES string of the molecule is CC[C](NC)C(S)CC. The number of hydrogen-bond acceptors (Lipinski definition) is 2. The van der Waals surface area contributed by atoms with E-state index in [0.717, 1.165) is 12.8 Å². The van der Waals surface area contributed by atoms with Crippen molar-refractivity contribution < 1.29 is 0 Å². The lowest BCUT2D eigenvalue weighted by molar-refractivity contribution is 0.657. The summed E-state index contributed by atoms with van der Waals surface area (Å²) in [4.78, 5) is 0. The summed E-state index contributed by atoms with van der Waals surface area (Å²) in [6.07, 6.45) is 2.19. The van der Waals surface area contributed by atoms with E-state index < -0.39 is 0 Å². The summed E-state index contributed by atoms with van der Waals surface area (Å²) in [6.45, 7) is 4.29. The van der Waals surface area contributed by atoms with Crippen molar-refractivity contribution in [1.82, 2.24) is 5.32 Å². The highest BCUT2D eigenvalue weighted by molar-refractivity contribution is 7.81. The Balaban J connectivity index is 3.50. The van der Waals surface area contributed by atoms with Crippen molar-refractivity contribution in [2.45, 2.75) is 31.9 Å². The van der Waals surface area contributed by atoms with Gasteiger partial charge in [0.2, 0.25) is 0 Å². The minimum atomic E-state index is 0.431. The maximum Gasteiger partial charge on any atom is 0.0487 e. The molecule has 0 aromatic heterocycles. The molecular weight excluding hydrogens is 130 g/mol. The van der Waals surface area contributed by atoms with Crippen LogP contribution in [0.3, 0.4) is 0 Å². The topological polar surface area (TPSA) is 12.0 Å². The minimum Gasteiger partial charge on any atom is -0.312 e. The third kappa shape index (κ3) is 3.11. The lowest BCUT2D eigenvalue weighted by Crippen LogP contribution is -2.24. The van der Waals surface area contributed by atoms with Gasteiger partial charge < -0.3 is 5.32 Å². The van der Waals surface area contributed by atoms with Gasteiger partial charge in [0.15, 0.2) is 0 Å². The van der Waals surface area contributed by atoms with Crippen LogP contribution in [-0.2, 0) is 0 Å². The van der Waals surface area contributed by atoms with Crippen LogP contribution in [0.25, 0.3) is 0 Å². The van der Waals surface area contributed by atoms with E-state index in [1.54, 1.807) is 0 Å². The molecule has 0 rings (SSSR count). The predicted octanol–water partition coefficient (Wildman–Crippen LogP) is 1.86. The molecule has 1 N–H and O–H groups in total. The molecule has 0 aliphatic carbocycles. The van der Waals surface area contributed by atoms with Gasteiger partial charge in [-0.25, -0.2) is 0 Å².